The van der Waals surface area contributed by atoms with Crippen LogP contribution in [0.4, 0.5) is 19.5 Å². The zero-order valence-electron chi connectivity index (χ0n) is 18.0. The van der Waals surface area contributed by atoms with E-state index in [0.717, 1.165) is 22.3 Å². The molecular formula is C23H19F2N5O5. The molecule has 1 saturated carbocycles. The van der Waals surface area contributed by atoms with Gasteiger partial charge in [0, 0.05) is 12.5 Å². The van der Waals surface area contributed by atoms with E-state index in [1.165, 1.54) is 0 Å². The number of carbonyl (C=O) groups excluding carboxylic acids is 2. The second-order valence-electron chi connectivity index (χ2n) is 8.27. The molecule has 5 rings (SSSR count). The minimum Gasteiger partial charge on any atom is -0.481 e. The van der Waals surface area contributed by atoms with Crippen LogP contribution in [-0.4, -0.2) is 57.3 Å². The summed E-state index contributed by atoms with van der Waals surface area (Å²) in [5, 5.41) is 19.2. The first-order valence-corrected chi connectivity index (χ1v) is 10.7. The second kappa shape index (κ2) is 8.46. The standard InChI is InChI=1S/C23H19F2N5O5/c24-23(25)16(17(23)20(32)33)9-26-19(31)18-27-21(30-29-18)28-22(34)35-10-15-13-7-3-1-5-11(13)12-6-2-4-8-14(12)15/h1-8,15-17H,9-10H2,(H,26,31)(H,32,33)(H2,27,28,29,30,34)/t16-,17-/m0/s1. The molecule has 1 aromatic heterocycles. The summed E-state index contributed by atoms with van der Waals surface area (Å²) in [5.41, 5.74) is 4.26. The number of carboxylic acids is 1. The Hall–Kier alpha value is -4.35. The summed E-state index contributed by atoms with van der Waals surface area (Å²) in [4.78, 5) is 39.0. The van der Waals surface area contributed by atoms with Crippen molar-refractivity contribution in [2.75, 3.05) is 18.5 Å². The molecule has 2 aromatic carbocycles. The number of alkyl halides is 2. The molecule has 0 aliphatic heterocycles. The molecule has 2 amide bonds. The van der Waals surface area contributed by atoms with Gasteiger partial charge < -0.3 is 15.2 Å². The van der Waals surface area contributed by atoms with Crippen molar-refractivity contribution in [1.29, 1.82) is 0 Å². The normalized spacial score (nSPS) is 19.4. The zero-order valence-corrected chi connectivity index (χ0v) is 18.0. The molecule has 4 N–H and O–H groups in total. The third kappa shape index (κ3) is 4.07. The van der Waals surface area contributed by atoms with Gasteiger partial charge in [-0.15, -0.1) is 5.10 Å². The van der Waals surface area contributed by atoms with Gasteiger partial charge in [-0.25, -0.2) is 13.6 Å². The number of nitrogens with zero attached hydrogens (tertiary/aromatic N) is 2. The molecule has 0 spiro atoms. The average molecular weight is 483 g/mol. The van der Waals surface area contributed by atoms with Crippen molar-refractivity contribution in [3.05, 3.63) is 65.5 Å². The summed E-state index contributed by atoms with van der Waals surface area (Å²) < 4.78 is 32.2. The van der Waals surface area contributed by atoms with Gasteiger partial charge in [-0.1, -0.05) is 48.5 Å². The average Bonchev–Trinajstić information content (AvgIpc) is 3.13. The summed E-state index contributed by atoms with van der Waals surface area (Å²) in [6, 6.07) is 15.7. The lowest BCUT2D eigenvalue weighted by molar-refractivity contribution is -0.140. The molecule has 10 nitrogen and oxygen atoms in total. The predicted molar refractivity (Wildman–Crippen MR) is 117 cm³/mol. The molecule has 0 bridgehead atoms. The molecular weight excluding hydrogens is 464 g/mol. The Labute approximate surface area is 196 Å². The number of carbonyl (C=O) groups is 3. The molecule has 0 unspecified atom stereocenters. The van der Waals surface area contributed by atoms with Crippen LogP contribution in [0.25, 0.3) is 11.1 Å². The van der Waals surface area contributed by atoms with Crippen molar-refractivity contribution in [2.45, 2.75) is 11.8 Å². The SMILES string of the molecule is O=C(Nc1n[nH]c(C(=O)NC[C@H]2[C@@H](C(=O)O)C2(F)F)n1)OCC1c2ccccc2-c2ccccc21. The van der Waals surface area contributed by atoms with Crippen LogP contribution < -0.4 is 10.6 Å². The minimum absolute atomic E-state index is 0.0674. The van der Waals surface area contributed by atoms with E-state index >= 15 is 0 Å². The Morgan fingerprint density at radius 3 is 2.29 bits per heavy atom. The monoisotopic (exact) mass is 483 g/mol. The van der Waals surface area contributed by atoms with Crippen molar-refractivity contribution in [1.82, 2.24) is 20.5 Å². The molecule has 3 aromatic rings. The molecule has 35 heavy (non-hydrogen) atoms. The van der Waals surface area contributed by atoms with Crippen LogP contribution in [0.2, 0.25) is 0 Å². The van der Waals surface area contributed by atoms with Crippen LogP contribution in [0.5, 0.6) is 0 Å². The van der Waals surface area contributed by atoms with Gasteiger partial charge in [0.2, 0.25) is 5.82 Å². The van der Waals surface area contributed by atoms with Gasteiger partial charge in [-0.05, 0) is 22.3 Å². The number of ether oxygens (including phenoxy) is 1. The van der Waals surface area contributed by atoms with Crippen LogP contribution in [0.3, 0.4) is 0 Å². The van der Waals surface area contributed by atoms with E-state index in [0.29, 0.717) is 0 Å². The van der Waals surface area contributed by atoms with Crippen molar-refractivity contribution in [3.63, 3.8) is 0 Å². The van der Waals surface area contributed by atoms with Crippen LogP contribution in [-0.2, 0) is 9.53 Å². The number of aromatic amines is 1. The van der Waals surface area contributed by atoms with Gasteiger partial charge in [0.25, 0.3) is 17.8 Å². The number of halogens is 2. The van der Waals surface area contributed by atoms with Crippen molar-refractivity contribution >= 4 is 23.9 Å². The molecule has 180 valence electrons. The highest BCUT2D eigenvalue weighted by atomic mass is 19.3. The minimum atomic E-state index is -3.38. The number of anilines is 1. The Kier molecular flexibility index (Phi) is 5.42. The molecule has 0 radical (unpaired) electrons. The van der Waals surface area contributed by atoms with Gasteiger partial charge in [-0.2, -0.15) is 4.98 Å². The highest BCUT2D eigenvalue weighted by molar-refractivity contribution is 5.91. The van der Waals surface area contributed by atoms with Crippen molar-refractivity contribution in [2.24, 2.45) is 11.8 Å². The molecule has 2 aliphatic carbocycles. The summed E-state index contributed by atoms with van der Waals surface area (Å²) in [6.07, 6.45) is -0.834. The van der Waals surface area contributed by atoms with Crippen LogP contribution in [0.1, 0.15) is 27.7 Å². The summed E-state index contributed by atoms with van der Waals surface area (Å²) >= 11 is 0. The lowest BCUT2D eigenvalue weighted by Gasteiger charge is -2.13. The third-order valence-corrected chi connectivity index (χ3v) is 6.21. The number of fused-ring (bicyclic) bond motifs is 3. The predicted octanol–water partition coefficient (Wildman–Crippen LogP) is 2.86. The quantitative estimate of drug-likeness (QED) is 0.404. The van der Waals surface area contributed by atoms with E-state index in [2.05, 4.69) is 25.8 Å². The zero-order chi connectivity index (χ0) is 24.7. The van der Waals surface area contributed by atoms with Crippen molar-refractivity contribution in [3.8, 4) is 11.1 Å². The van der Waals surface area contributed by atoms with E-state index in [-0.39, 0.29) is 24.3 Å². The fraction of sp³-hybridized carbons (Fsp3) is 0.261. The van der Waals surface area contributed by atoms with E-state index in [9.17, 15) is 23.2 Å². The Balaban J connectivity index is 1.15. The number of amides is 2. The molecule has 1 fully saturated rings. The second-order valence-corrected chi connectivity index (χ2v) is 8.27. The molecule has 1 heterocycles. The van der Waals surface area contributed by atoms with Gasteiger partial charge in [0.05, 0.1) is 5.92 Å². The smallest absolute Gasteiger partial charge is 0.414 e. The van der Waals surface area contributed by atoms with Gasteiger partial charge >= 0.3 is 12.1 Å². The molecule has 12 heteroatoms. The number of aromatic nitrogens is 3. The maximum absolute atomic E-state index is 13.4. The fourth-order valence-electron chi connectivity index (χ4n) is 4.41. The van der Waals surface area contributed by atoms with E-state index in [4.69, 9.17) is 9.84 Å². The number of carboxylic acid groups (broad SMARTS) is 1. The maximum Gasteiger partial charge on any atom is 0.414 e. The molecule has 2 aliphatic rings. The lowest BCUT2D eigenvalue weighted by atomic mass is 9.98. The molecule has 2 atom stereocenters. The number of hydrogen-bond acceptors (Lipinski definition) is 6. The first kappa shape index (κ1) is 22.4. The maximum atomic E-state index is 13.4. The number of nitrogens with one attached hydrogen (secondary N) is 3. The number of rotatable bonds is 7. The van der Waals surface area contributed by atoms with Crippen LogP contribution in [0, 0.1) is 11.8 Å². The highest BCUT2D eigenvalue weighted by Crippen LogP contribution is 2.54. The summed E-state index contributed by atoms with van der Waals surface area (Å²) in [6.45, 7) is -0.476. The van der Waals surface area contributed by atoms with Crippen molar-refractivity contribution < 1.29 is 33.0 Å². The number of benzene rings is 2. The Morgan fingerprint density at radius 2 is 1.69 bits per heavy atom. The Bertz CT molecular complexity index is 1280. The van der Waals surface area contributed by atoms with Crippen LogP contribution in [0.15, 0.2) is 48.5 Å². The van der Waals surface area contributed by atoms with Gasteiger partial charge in [-0.3, -0.25) is 20.0 Å². The fourth-order valence-corrected chi connectivity index (χ4v) is 4.41. The molecule has 0 saturated heterocycles. The van der Waals surface area contributed by atoms with Crippen LogP contribution >= 0.6 is 0 Å². The summed E-state index contributed by atoms with van der Waals surface area (Å²) in [7, 11) is 0. The third-order valence-electron chi connectivity index (χ3n) is 6.21. The first-order valence-electron chi connectivity index (χ1n) is 10.7. The Morgan fingerprint density at radius 1 is 1.06 bits per heavy atom. The number of hydrogen-bond donors (Lipinski definition) is 4. The summed E-state index contributed by atoms with van der Waals surface area (Å²) in [5.74, 6) is -9.92. The lowest BCUT2D eigenvalue weighted by Crippen LogP contribution is -2.28. The topological polar surface area (TPSA) is 146 Å². The highest BCUT2D eigenvalue weighted by Gasteiger charge is 2.72. The van der Waals surface area contributed by atoms with Gasteiger partial charge in [0.15, 0.2) is 0 Å². The van der Waals surface area contributed by atoms with E-state index in [1.54, 1.807) is 0 Å². The number of aliphatic carboxylic acids is 1. The largest absolute Gasteiger partial charge is 0.481 e. The van der Waals surface area contributed by atoms with E-state index < -0.39 is 42.3 Å². The first-order chi connectivity index (χ1) is 16.8. The van der Waals surface area contributed by atoms with Gasteiger partial charge in [0.1, 0.15) is 12.5 Å². The van der Waals surface area contributed by atoms with E-state index in [1.807, 2.05) is 48.5 Å². The number of H-pyrrole nitrogens is 1.